The summed E-state index contributed by atoms with van der Waals surface area (Å²) in [6, 6.07) is 9.03. The van der Waals surface area contributed by atoms with Crippen LogP contribution in [0.4, 0.5) is 0 Å². The number of hydrogen-bond donors (Lipinski definition) is 1. The van der Waals surface area contributed by atoms with E-state index in [0.29, 0.717) is 28.6 Å². The quantitative estimate of drug-likeness (QED) is 0.611. The molecule has 0 bridgehead atoms. The summed E-state index contributed by atoms with van der Waals surface area (Å²) in [6.45, 7) is 0.218. The average Bonchev–Trinajstić information content (AvgIpc) is 3.06. The largest absolute Gasteiger partial charge is 0.480 e. The second-order valence-electron chi connectivity index (χ2n) is 4.71. The summed E-state index contributed by atoms with van der Waals surface area (Å²) in [6.07, 6.45) is 3.23. The number of carbonyl (C=O) groups is 1. The predicted molar refractivity (Wildman–Crippen MR) is 95.5 cm³/mol. The van der Waals surface area contributed by atoms with Gasteiger partial charge < -0.3 is 14.5 Å². The van der Waals surface area contributed by atoms with Crippen LogP contribution in [0.2, 0.25) is 5.02 Å². The Hall–Kier alpha value is -1.80. The predicted octanol–water partition coefficient (Wildman–Crippen LogP) is 3.78. The number of carbonyl (C=O) groups excluding carboxylic acids is 1. The third-order valence-electron chi connectivity index (χ3n) is 3.14. The number of nitrogens with one attached hydrogen (secondary N) is 1. The van der Waals surface area contributed by atoms with Crippen molar-refractivity contribution in [3.05, 3.63) is 57.1 Å². The molecule has 0 fully saturated rings. The minimum Gasteiger partial charge on any atom is -0.480 e. The molecule has 3 aromatic rings. The Balaban J connectivity index is 1.70. The molecule has 118 valence electrons. The van der Waals surface area contributed by atoms with Gasteiger partial charge in [-0.2, -0.15) is 0 Å². The lowest BCUT2D eigenvalue weighted by Crippen LogP contribution is -2.28. The average molecular weight is 443 g/mol. The molecule has 7 heteroatoms. The molecule has 0 aliphatic heterocycles. The molecule has 1 N–H and O–H groups in total. The normalized spacial score (nSPS) is 10.7. The Morgan fingerprint density at radius 1 is 1.39 bits per heavy atom. The van der Waals surface area contributed by atoms with E-state index in [9.17, 15) is 4.79 Å². The monoisotopic (exact) mass is 442 g/mol. The Bertz CT molecular complexity index is 837. The number of halogens is 2. The van der Waals surface area contributed by atoms with E-state index in [-0.39, 0.29) is 12.5 Å². The minimum atomic E-state index is -0.240. The van der Waals surface area contributed by atoms with Crippen molar-refractivity contribution < 1.29 is 13.9 Å². The van der Waals surface area contributed by atoms with Gasteiger partial charge in [-0.25, -0.2) is 0 Å². The first-order valence-corrected chi connectivity index (χ1v) is 8.25. The van der Waals surface area contributed by atoms with Crippen LogP contribution in [0.1, 0.15) is 5.76 Å². The van der Waals surface area contributed by atoms with Crippen molar-refractivity contribution >= 4 is 51.0 Å². The second-order valence-corrected chi connectivity index (χ2v) is 6.28. The topological polar surface area (TPSA) is 64.4 Å². The van der Waals surface area contributed by atoms with Gasteiger partial charge in [0, 0.05) is 11.6 Å². The second kappa shape index (κ2) is 7.18. The lowest BCUT2D eigenvalue weighted by Gasteiger charge is -2.11. The van der Waals surface area contributed by atoms with Gasteiger partial charge in [-0.1, -0.05) is 11.6 Å². The van der Waals surface area contributed by atoms with Crippen LogP contribution in [0.3, 0.4) is 0 Å². The molecule has 0 atom stereocenters. The molecule has 0 saturated heterocycles. The molecule has 0 radical (unpaired) electrons. The highest BCUT2D eigenvalue weighted by Gasteiger charge is 2.13. The van der Waals surface area contributed by atoms with E-state index in [0.717, 1.165) is 8.96 Å². The Morgan fingerprint density at radius 3 is 3.04 bits per heavy atom. The van der Waals surface area contributed by atoms with Gasteiger partial charge in [-0.15, -0.1) is 0 Å². The maximum absolute atomic E-state index is 11.9. The van der Waals surface area contributed by atoms with Gasteiger partial charge in [-0.05, 0) is 52.9 Å². The Kier molecular flexibility index (Phi) is 5.02. The highest BCUT2D eigenvalue weighted by molar-refractivity contribution is 14.1. The van der Waals surface area contributed by atoms with E-state index in [1.165, 1.54) is 0 Å². The zero-order chi connectivity index (χ0) is 16.2. The summed E-state index contributed by atoms with van der Waals surface area (Å²) in [4.78, 5) is 16.2. The van der Waals surface area contributed by atoms with Crippen LogP contribution in [0.15, 0.2) is 47.2 Å². The van der Waals surface area contributed by atoms with E-state index in [1.807, 2.05) is 6.07 Å². The minimum absolute atomic E-state index is 0.107. The van der Waals surface area contributed by atoms with Crippen LogP contribution in [0, 0.1) is 3.57 Å². The number of rotatable bonds is 5. The standard InChI is InChI=1S/C16H12ClIN2O3/c17-12-7-13(18)16(15-11(12)4-1-5-19-15)23-9-14(21)20-8-10-3-2-6-22-10/h1-7H,8-9H2,(H,20,21). The molecule has 1 amide bonds. The maximum Gasteiger partial charge on any atom is 0.258 e. The number of pyridine rings is 1. The zero-order valence-corrected chi connectivity index (χ0v) is 14.8. The summed E-state index contributed by atoms with van der Waals surface area (Å²) in [5, 5.41) is 4.12. The van der Waals surface area contributed by atoms with E-state index in [4.69, 9.17) is 20.8 Å². The van der Waals surface area contributed by atoms with Crippen molar-refractivity contribution in [2.24, 2.45) is 0 Å². The first kappa shape index (κ1) is 16.1. The number of ether oxygens (including phenoxy) is 1. The van der Waals surface area contributed by atoms with E-state index in [1.54, 1.807) is 36.7 Å². The van der Waals surface area contributed by atoms with Gasteiger partial charge in [0.25, 0.3) is 5.91 Å². The summed E-state index contributed by atoms with van der Waals surface area (Å²) < 4.78 is 11.6. The van der Waals surface area contributed by atoms with Crippen LogP contribution in [-0.4, -0.2) is 17.5 Å². The number of furan rings is 1. The number of benzene rings is 1. The fourth-order valence-corrected chi connectivity index (χ4v) is 3.24. The smallest absolute Gasteiger partial charge is 0.258 e. The molecule has 0 saturated carbocycles. The number of hydrogen-bond acceptors (Lipinski definition) is 4. The molecule has 5 nitrogen and oxygen atoms in total. The molecule has 0 aliphatic carbocycles. The van der Waals surface area contributed by atoms with Crippen molar-refractivity contribution in [1.82, 2.24) is 10.3 Å². The van der Waals surface area contributed by atoms with Crippen LogP contribution in [-0.2, 0) is 11.3 Å². The number of amides is 1. The van der Waals surface area contributed by atoms with Crippen LogP contribution < -0.4 is 10.1 Å². The van der Waals surface area contributed by atoms with Gasteiger partial charge in [0.05, 0.1) is 21.4 Å². The van der Waals surface area contributed by atoms with Gasteiger partial charge in [0.2, 0.25) is 0 Å². The summed E-state index contributed by atoms with van der Waals surface area (Å²) in [5.74, 6) is 1.00. The molecular weight excluding hydrogens is 431 g/mol. The van der Waals surface area contributed by atoms with Gasteiger partial charge in [0.1, 0.15) is 11.3 Å². The molecular formula is C16H12ClIN2O3. The highest BCUT2D eigenvalue weighted by Crippen LogP contribution is 2.34. The van der Waals surface area contributed by atoms with Crippen LogP contribution in [0.5, 0.6) is 5.75 Å². The molecule has 2 heterocycles. The van der Waals surface area contributed by atoms with Crippen molar-refractivity contribution in [1.29, 1.82) is 0 Å². The molecule has 1 aromatic carbocycles. The van der Waals surface area contributed by atoms with Crippen LogP contribution >= 0.6 is 34.2 Å². The van der Waals surface area contributed by atoms with Gasteiger partial charge in [0.15, 0.2) is 12.4 Å². The lowest BCUT2D eigenvalue weighted by molar-refractivity contribution is -0.123. The maximum atomic E-state index is 11.9. The molecule has 0 spiro atoms. The Morgan fingerprint density at radius 2 is 2.26 bits per heavy atom. The highest BCUT2D eigenvalue weighted by atomic mass is 127. The van der Waals surface area contributed by atoms with Crippen LogP contribution in [0.25, 0.3) is 10.9 Å². The molecule has 23 heavy (non-hydrogen) atoms. The fraction of sp³-hybridized carbons (Fsp3) is 0.125. The number of nitrogens with zero attached hydrogens (tertiary/aromatic N) is 1. The van der Waals surface area contributed by atoms with Gasteiger partial charge >= 0.3 is 0 Å². The van der Waals surface area contributed by atoms with E-state index >= 15 is 0 Å². The third-order valence-corrected chi connectivity index (χ3v) is 4.25. The molecule has 3 rings (SSSR count). The van der Waals surface area contributed by atoms with Crippen molar-refractivity contribution in [2.45, 2.75) is 6.54 Å². The zero-order valence-electron chi connectivity index (χ0n) is 11.9. The van der Waals surface area contributed by atoms with E-state index < -0.39 is 0 Å². The number of aromatic nitrogens is 1. The fourth-order valence-electron chi connectivity index (χ4n) is 2.07. The SMILES string of the molecule is O=C(COc1c(I)cc(Cl)c2cccnc12)NCc1ccco1. The first-order valence-electron chi connectivity index (χ1n) is 6.80. The summed E-state index contributed by atoms with van der Waals surface area (Å²) >= 11 is 8.33. The Labute approximate surface area is 151 Å². The lowest BCUT2D eigenvalue weighted by atomic mass is 10.2. The van der Waals surface area contributed by atoms with Crippen molar-refractivity contribution in [3.8, 4) is 5.75 Å². The summed E-state index contributed by atoms with van der Waals surface area (Å²) in [5.41, 5.74) is 0.642. The summed E-state index contributed by atoms with van der Waals surface area (Å²) in [7, 11) is 0. The van der Waals surface area contributed by atoms with E-state index in [2.05, 4.69) is 32.9 Å². The third kappa shape index (κ3) is 3.76. The molecule has 0 aliphatic rings. The molecule has 0 unspecified atom stereocenters. The van der Waals surface area contributed by atoms with Gasteiger partial charge in [-0.3, -0.25) is 9.78 Å². The van der Waals surface area contributed by atoms with Crippen molar-refractivity contribution in [3.63, 3.8) is 0 Å². The number of fused-ring (bicyclic) bond motifs is 1. The first-order chi connectivity index (χ1) is 11.1. The van der Waals surface area contributed by atoms with Crippen molar-refractivity contribution in [2.75, 3.05) is 6.61 Å². The molecule has 2 aromatic heterocycles.